The average molecular weight is 701 g/mol. The Morgan fingerprint density at radius 3 is 1.23 bits per heavy atom. The monoisotopic (exact) mass is 700 g/mol. The molecule has 0 bridgehead atoms. The molecular weight excluding hydrogens is 673 g/mol. The molecule has 0 saturated heterocycles. The van der Waals surface area contributed by atoms with Crippen molar-refractivity contribution in [1.82, 2.24) is 0 Å². The summed E-state index contributed by atoms with van der Waals surface area (Å²) in [6.07, 6.45) is 0. The van der Waals surface area contributed by atoms with Crippen LogP contribution in [0.1, 0.15) is 0 Å². The fourth-order valence-electron chi connectivity index (χ4n) is 11.7. The molecule has 0 amide bonds. The van der Waals surface area contributed by atoms with Crippen molar-refractivity contribution in [3.8, 4) is 33.4 Å². The molecule has 1 aliphatic carbocycles. The van der Waals surface area contributed by atoms with Gasteiger partial charge in [0.15, 0.2) is 0 Å². The lowest BCUT2D eigenvalue weighted by atomic mass is 9.87. The highest BCUT2D eigenvalue weighted by atomic mass is 14.3. The second-order valence-corrected chi connectivity index (χ2v) is 16.2. The van der Waals surface area contributed by atoms with Crippen LogP contribution in [0.5, 0.6) is 0 Å². The Balaban J connectivity index is 1.14. The van der Waals surface area contributed by atoms with Crippen LogP contribution in [0.4, 0.5) is 0 Å². The highest BCUT2D eigenvalue weighted by molar-refractivity contribution is 6.51. The van der Waals surface area contributed by atoms with Gasteiger partial charge in [0, 0.05) is 0 Å². The molecule has 56 heavy (non-hydrogen) atoms. The Labute approximate surface area is 320 Å². The van der Waals surface area contributed by atoms with Crippen LogP contribution >= 0.6 is 0 Å². The normalized spacial score (nSPS) is 13.0. The lowest BCUT2D eigenvalue weighted by molar-refractivity contribution is 1.69. The first-order valence-corrected chi connectivity index (χ1v) is 19.8. The topological polar surface area (TPSA) is 0 Å². The third-order valence-corrected chi connectivity index (χ3v) is 13.8. The molecule has 0 radical (unpaired) electrons. The molecule has 15 rings (SSSR count). The zero-order chi connectivity index (χ0) is 36.0. The van der Waals surface area contributed by atoms with Crippen LogP contribution in [0, 0.1) is 0 Å². The van der Waals surface area contributed by atoms with Gasteiger partial charge in [-0.25, -0.2) is 0 Å². The van der Waals surface area contributed by atoms with Crippen LogP contribution in [0.3, 0.4) is 0 Å². The zero-order valence-electron chi connectivity index (χ0n) is 30.2. The fraction of sp³-hybridized carbons (Fsp3) is 0. The first kappa shape index (κ1) is 28.2. The molecule has 0 fully saturated rings. The molecule has 0 aliphatic heterocycles. The smallest absolute Gasteiger partial charge is 0.000697 e. The van der Waals surface area contributed by atoms with Crippen molar-refractivity contribution in [3.63, 3.8) is 0 Å². The Morgan fingerprint density at radius 1 is 0.196 bits per heavy atom. The Bertz CT molecular complexity index is 3980. The molecule has 0 nitrogen and oxygen atoms in total. The van der Waals surface area contributed by atoms with E-state index in [1.54, 1.807) is 0 Å². The maximum absolute atomic E-state index is 2.55. The van der Waals surface area contributed by atoms with Crippen LogP contribution in [0.15, 0.2) is 170 Å². The Morgan fingerprint density at radius 2 is 0.589 bits per heavy atom. The minimum atomic E-state index is 1.26. The van der Waals surface area contributed by atoms with Gasteiger partial charge in [0.05, 0.1) is 0 Å². The van der Waals surface area contributed by atoms with Crippen LogP contribution in [-0.2, 0) is 0 Å². The summed E-state index contributed by atoms with van der Waals surface area (Å²) in [4.78, 5) is 0. The standard InChI is InChI=1S/C56H28/c1-2-10-29(11-3-1)48-32-14-6-7-15-33(32)52-34-16-8-9-17-35(34)55-54-43-25-24-39-37-19-22-41-45-27-31-13-5-4-12-30(31)26-44(45)40-21-18-36(49(37)51(40)41)38-20-23-42(53(43)50(38)39)46(54)28-47(48)56(52)55/h1-28H. The Hall–Kier alpha value is -7.28. The van der Waals surface area contributed by atoms with Gasteiger partial charge in [-0.2, -0.15) is 0 Å². The van der Waals surface area contributed by atoms with Gasteiger partial charge in [-0.15, -0.1) is 0 Å². The van der Waals surface area contributed by atoms with Crippen LogP contribution in [-0.4, -0.2) is 0 Å². The van der Waals surface area contributed by atoms with Crippen molar-refractivity contribution in [1.29, 1.82) is 0 Å². The number of rotatable bonds is 1. The van der Waals surface area contributed by atoms with E-state index in [0.29, 0.717) is 0 Å². The maximum Gasteiger partial charge on any atom is -0.000697 e. The molecule has 0 heterocycles. The molecule has 1 aliphatic rings. The van der Waals surface area contributed by atoms with Gasteiger partial charge >= 0.3 is 0 Å². The van der Waals surface area contributed by atoms with E-state index >= 15 is 0 Å². The van der Waals surface area contributed by atoms with E-state index in [4.69, 9.17) is 0 Å². The minimum Gasteiger partial charge on any atom is -0.0622 e. The zero-order valence-corrected chi connectivity index (χ0v) is 30.2. The summed E-state index contributed by atoms with van der Waals surface area (Å²) < 4.78 is 0. The van der Waals surface area contributed by atoms with Gasteiger partial charge in [0.2, 0.25) is 0 Å². The van der Waals surface area contributed by atoms with Crippen molar-refractivity contribution < 1.29 is 0 Å². The molecule has 14 aromatic rings. The van der Waals surface area contributed by atoms with Gasteiger partial charge in [-0.1, -0.05) is 152 Å². The summed E-state index contributed by atoms with van der Waals surface area (Å²) in [5.41, 5.74) is 8.01. The average Bonchev–Trinajstić information content (AvgIpc) is 3.89. The van der Waals surface area contributed by atoms with Gasteiger partial charge in [0.1, 0.15) is 0 Å². The SMILES string of the molecule is c1ccc(-c2c3ccccc3c3c4ccccc4c4c5c(cc2c34)c2ccc3c4ccc6c7c(ccc(c8ccc5c2c38)c74)-c2cc3ccccc3cc2-6)cc1. The lowest BCUT2D eigenvalue weighted by Gasteiger charge is -2.16. The minimum absolute atomic E-state index is 1.26. The quantitative estimate of drug-likeness (QED) is 0.118. The highest BCUT2D eigenvalue weighted by Crippen LogP contribution is 2.57. The van der Waals surface area contributed by atoms with Crippen molar-refractivity contribution >= 4 is 118 Å². The van der Waals surface area contributed by atoms with E-state index in [0.717, 1.165) is 0 Å². The third-order valence-electron chi connectivity index (χ3n) is 13.8. The van der Waals surface area contributed by atoms with Gasteiger partial charge in [0.25, 0.3) is 0 Å². The molecule has 0 atom stereocenters. The summed E-state index contributed by atoms with van der Waals surface area (Å²) in [5.74, 6) is 0. The van der Waals surface area contributed by atoms with Crippen LogP contribution < -0.4 is 0 Å². The predicted octanol–water partition coefficient (Wildman–Crippen LogP) is 16.0. The van der Waals surface area contributed by atoms with E-state index < -0.39 is 0 Å². The molecule has 0 N–H and O–H groups in total. The third kappa shape index (κ3) is 3.09. The van der Waals surface area contributed by atoms with Gasteiger partial charge < -0.3 is 0 Å². The van der Waals surface area contributed by atoms with E-state index in [9.17, 15) is 0 Å². The Kier molecular flexibility index (Phi) is 4.78. The molecule has 0 saturated carbocycles. The molecule has 252 valence electrons. The first-order chi connectivity index (χ1) is 27.8. The fourth-order valence-corrected chi connectivity index (χ4v) is 11.7. The molecule has 14 aromatic carbocycles. The van der Waals surface area contributed by atoms with E-state index in [-0.39, 0.29) is 0 Å². The van der Waals surface area contributed by atoms with E-state index in [2.05, 4.69) is 170 Å². The number of hydrogen-bond donors (Lipinski definition) is 0. The van der Waals surface area contributed by atoms with Crippen molar-refractivity contribution in [2.24, 2.45) is 0 Å². The number of fused-ring (bicyclic) bond motifs is 15. The molecule has 0 heteroatoms. The van der Waals surface area contributed by atoms with Gasteiger partial charge in [-0.3, -0.25) is 0 Å². The van der Waals surface area contributed by atoms with E-state index in [1.165, 1.54) is 152 Å². The van der Waals surface area contributed by atoms with Crippen LogP contribution in [0.2, 0.25) is 0 Å². The summed E-state index contributed by atoms with van der Waals surface area (Å²) in [7, 11) is 0. The highest BCUT2D eigenvalue weighted by Gasteiger charge is 2.28. The maximum atomic E-state index is 2.55. The van der Waals surface area contributed by atoms with Gasteiger partial charge in [-0.05, 0) is 170 Å². The largest absolute Gasteiger partial charge is 0.0622 e. The molecule has 0 spiro atoms. The number of benzene rings is 12. The lowest BCUT2D eigenvalue weighted by Crippen LogP contribution is -1.88. The molecule has 0 unspecified atom stereocenters. The number of hydrogen-bond acceptors (Lipinski definition) is 0. The van der Waals surface area contributed by atoms with Crippen LogP contribution in [0.25, 0.3) is 152 Å². The second-order valence-electron chi connectivity index (χ2n) is 16.2. The predicted molar refractivity (Wildman–Crippen MR) is 242 cm³/mol. The summed E-state index contributed by atoms with van der Waals surface area (Å²) >= 11 is 0. The summed E-state index contributed by atoms with van der Waals surface area (Å²) in [5, 5.41) is 29.9. The first-order valence-electron chi connectivity index (χ1n) is 19.8. The molecular formula is C56H28. The second kappa shape index (κ2) is 9.50. The van der Waals surface area contributed by atoms with Crippen molar-refractivity contribution in [2.75, 3.05) is 0 Å². The summed E-state index contributed by atoms with van der Waals surface area (Å²) in [6.45, 7) is 0. The van der Waals surface area contributed by atoms with Crippen molar-refractivity contribution in [2.45, 2.75) is 0 Å². The molecule has 0 aromatic heterocycles. The van der Waals surface area contributed by atoms with Crippen molar-refractivity contribution in [3.05, 3.63) is 170 Å². The van der Waals surface area contributed by atoms with E-state index in [1.807, 2.05) is 0 Å². The summed E-state index contributed by atoms with van der Waals surface area (Å²) in [6, 6.07) is 64.8.